The molecular weight excluding hydrogens is 569 g/mol. The van der Waals surface area contributed by atoms with Gasteiger partial charge in [0.1, 0.15) is 6.10 Å². The van der Waals surface area contributed by atoms with Crippen molar-refractivity contribution in [3.63, 3.8) is 0 Å². The Hall–Kier alpha value is -4.20. The minimum Gasteiger partial charge on any atom is -0.481 e. The molecule has 0 saturated heterocycles. The molecule has 2 aliphatic carbocycles. The van der Waals surface area contributed by atoms with Crippen molar-refractivity contribution in [1.82, 2.24) is 9.78 Å². The van der Waals surface area contributed by atoms with Crippen LogP contribution in [0.4, 0.5) is 27.6 Å². The first-order valence-corrected chi connectivity index (χ1v) is 13.2. The lowest BCUT2D eigenvalue weighted by Crippen LogP contribution is -2.37. The van der Waals surface area contributed by atoms with Crippen LogP contribution in [-0.2, 0) is 22.1 Å². The third-order valence-electron chi connectivity index (χ3n) is 7.71. The summed E-state index contributed by atoms with van der Waals surface area (Å²) in [7, 11) is 1.41. The summed E-state index contributed by atoms with van der Waals surface area (Å²) in [6, 6.07) is 9.72. The summed E-state index contributed by atoms with van der Waals surface area (Å²) in [6.07, 6.45) is -8.16. The van der Waals surface area contributed by atoms with E-state index in [1.165, 1.54) is 54.4 Å². The second kappa shape index (κ2) is 9.96. The number of alkyl halides is 5. The lowest BCUT2D eigenvalue weighted by Gasteiger charge is -2.36. The Morgan fingerprint density at radius 3 is 2.57 bits per heavy atom. The SMILES string of the molecule is CN(C(=O)c1cccc(-n2nc(C(F)(F)F)c3c2C(OC2CC(C(=O)O)C2)CCC3)c1)c1ccc2c(c1)OC(F)(F)O2. The minimum absolute atomic E-state index is 0.0128. The highest BCUT2D eigenvalue weighted by molar-refractivity contribution is 6.06. The number of halogens is 5. The number of ether oxygens (including phenoxy) is 3. The molecule has 1 saturated carbocycles. The number of benzene rings is 2. The van der Waals surface area contributed by atoms with Crippen LogP contribution in [0.1, 0.15) is 59.1 Å². The topological polar surface area (TPSA) is 103 Å². The van der Waals surface area contributed by atoms with Crippen molar-refractivity contribution in [1.29, 1.82) is 0 Å². The number of carbonyl (C=O) groups is 2. The summed E-state index contributed by atoms with van der Waals surface area (Å²) in [5, 5.41) is 13.1. The van der Waals surface area contributed by atoms with Crippen molar-refractivity contribution in [2.45, 2.75) is 56.8 Å². The molecule has 3 aromatic rings. The fourth-order valence-corrected chi connectivity index (χ4v) is 5.54. The summed E-state index contributed by atoms with van der Waals surface area (Å²) >= 11 is 0. The third-order valence-corrected chi connectivity index (χ3v) is 7.71. The maximum Gasteiger partial charge on any atom is 0.586 e. The molecule has 1 aromatic heterocycles. The number of aromatic nitrogens is 2. The van der Waals surface area contributed by atoms with E-state index in [-0.39, 0.29) is 59.0 Å². The zero-order valence-corrected chi connectivity index (χ0v) is 22.0. The predicted octanol–water partition coefficient (Wildman–Crippen LogP) is 5.75. The van der Waals surface area contributed by atoms with Gasteiger partial charge in [0.2, 0.25) is 0 Å². The Morgan fingerprint density at radius 1 is 1.12 bits per heavy atom. The molecule has 42 heavy (non-hydrogen) atoms. The van der Waals surface area contributed by atoms with Crippen LogP contribution in [-0.4, -0.2) is 46.2 Å². The first-order chi connectivity index (χ1) is 19.8. The van der Waals surface area contributed by atoms with Crippen LogP contribution in [0.15, 0.2) is 42.5 Å². The molecule has 0 bridgehead atoms. The van der Waals surface area contributed by atoms with Gasteiger partial charge in [0, 0.05) is 29.9 Å². The van der Waals surface area contributed by atoms with Crippen LogP contribution in [0.5, 0.6) is 11.5 Å². The fraction of sp³-hybridized carbons (Fsp3) is 0.393. The molecule has 1 atom stereocenters. The van der Waals surface area contributed by atoms with Gasteiger partial charge in [0.15, 0.2) is 17.2 Å². The predicted molar refractivity (Wildman–Crippen MR) is 135 cm³/mol. The molecule has 1 amide bonds. The van der Waals surface area contributed by atoms with Gasteiger partial charge in [0.25, 0.3) is 5.91 Å². The normalized spacial score (nSPS) is 22.3. The van der Waals surface area contributed by atoms with E-state index in [4.69, 9.17) is 4.74 Å². The van der Waals surface area contributed by atoms with Gasteiger partial charge in [-0.1, -0.05) is 6.07 Å². The first-order valence-electron chi connectivity index (χ1n) is 13.2. The average Bonchev–Trinajstić information content (AvgIpc) is 3.46. The Morgan fingerprint density at radius 2 is 1.86 bits per heavy atom. The minimum atomic E-state index is -4.73. The summed E-state index contributed by atoms with van der Waals surface area (Å²) in [5.41, 5.74) is -0.282. The van der Waals surface area contributed by atoms with Crippen molar-refractivity contribution in [3.05, 3.63) is 65.0 Å². The van der Waals surface area contributed by atoms with Crippen LogP contribution in [0, 0.1) is 5.92 Å². The van der Waals surface area contributed by atoms with Crippen LogP contribution in [0.2, 0.25) is 0 Å². The number of hydrogen-bond acceptors (Lipinski definition) is 6. The lowest BCUT2D eigenvalue weighted by molar-refractivity contribution is -0.286. The number of anilines is 1. The molecule has 222 valence electrons. The average molecular weight is 594 g/mol. The summed E-state index contributed by atoms with van der Waals surface area (Å²) in [6.45, 7) is 0. The van der Waals surface area contributed by atoms with Gasteiger partial charge in [-0.25, -0.2) is 4.68 Å². The molecule has 2 aromatic carbocycles. The van der Waals surface area contributed by atoms with Gasteiger partial charge >= 0.3 is 18.4 Å². The van der Waals surface area contributed by atoms with Crippen LogP contribution < -0.4 is 14.4 Å². The molecule has 3 aliphatic rings. The van der Waals surface area contributed by atoms with Crippen molar-refractivity contribution in [2.24, 2.45) is 5.92 Å². The van der Waals surface area contributed by atoms with Gasteiger partial charge in [-0.05, 0) is 62.4 Å². The van der Waals surface area contributed by atoms with Gasteiger partial charge in [-0.3, -0.25) is 9.59 Å². The second-order valence-corrected chi connectivity index (χ2v) is 10.5. The zero-order chi connectivity index (χ0) is 30.0. The smallest absolute Gasteiger partial charge is 0.481 e. The van der Waals surface area contributed by atoms with E-state index < -0.39 is 48.2 Å². The Bertz CT molecular complexity index is 1570. The molecule has 1 aliphatic heterocycles. The molecule has 2 heterocycles. The molecule has 1 N–H and O–H groups in total. The highest BCUT2D eigenvalue weighted by Gasteiger charge is 2.45. The lowest BCUT2D eigenvalue weighted by atomic mass is 9.82. The van der Waals surface area contributed by atoms with Crippen molar-refractivity contribution >= 4 is 17.6 Å². The Labute approximate surface area is 235 Å². The van der Waals surface area contributed by atoms with E-state index in [0.717, 1.165) is 4.68 Å². The molecular formula is C28H24F5N3O6. The molecule has 1 fully saturated rings. The zero-order valence-electron chi connectivity index (χ0n) is 22.0. The maximum atomic E-state index is 14.0. The molecule has 9 nitrogen and oxygen atoms in total. The number of nitrogens with zero attached hydrogens (tertiary/aromatic N) is 3. The van der Waals surface area contributed by atoms with E-state index >= 15 is 0 Å². The van der Waals surface area contributed by atoms with Crippen molar-refractivity contribution < 1.29 is 50.9 Å². The van der Waals surface area contributed by atoms with Gasteiger partial charge in [0.05, 0.1) is 23.4 Å². The monoisotopic (exact) mass is 593 g/mol. The number of carboxylic acid groups (broad SMARTS) is 1. The van der Waals surface area contributed by atoms with Gasteiger partial charge in [-0.2, -0.15) is 18.3 Å². The van der Waals surface area contributed by atoms with Gasteiger partial charge < -0.3 is 24.2 Å². The summed E-state index contributed by atoms with van der Waals surface area (Å²) < 4.78 is 85.1. The van der Waals surface area contributed by atoms with Crippen LogP contribution >= 0.6 is 0 Å². The molecule has 0 radical (unpaired) electrons. The summed E-state index contributed by atoms with van der Waals surface area (Å²) in [5.74, 6) is -2.49. The van der Waals surface area contributed by atoms with Crippen LogP contribution in [0.25, 0.3) is 5.69 Å². The van der Waals surface area contributed by atoms with Crippen molar-refractivity contribution in [2.75, 3.05) is 11.9 Å². The fourth-order valence-electron chi connectivity index (χ4n) is 5.54. The molecule has 1 unspecified atom stereocenters. The standard InChI is InChI=1S/C28H24F5N3O6/c1-35(16-8-9-20-22(13-16)42-28(32,33)41-20)25(37)14-4-2-5-17(10-14)36-23-19(24(34-36)27(29,30)31)6-3-7-21(23)40-18-11-15(12-18)26(38)39/h2,4-5,8-10,13,15,18,21H,3,6-7,11-12H2,1H3,(H,38,39). The van der Waals surface area contributed by atoms with Gasteiger partial charge in [-0.15, -0.1) is 8.78 Å². The number of rotatable bonds is 6. The number of hydrogen-bond donors (Lipinski definition) is 1. The highest BCUT2D eigenvalue weighted by Crippen LogP contribution is 2.45. The quantitative estimate of drug-likeness (QED) is 0.364. The first kappa shape index (κ1) is 27.9. The molecule has 6 rings (SSSR count). The number of carboxylic acids is 1. The molecule has 0 spiro atoms. The highest BCUT2D eigenvalue weighted by atomic mass is 19.4. The number of aliphatic carboxylic acids is 1. The largest absolute Gasteiger partial charge is 0.586 e. The van der Waals surface area contributed by atoms with E-state index in [2.05, 4.69) is 14.6 Å². The number of fused-ring (bicyclic) bond motifs is 2. The Kier molecular flexibility index (Phi) is 6.63. The van der Waals surface area contributed by atoms with E-state index in [0.29, 0.717) is 12.8 Å². The third kappa shape index (κ3) is 5.03. The second-order valence-electron chi connectivity index (χ2n) is 10.5. The number of carbonyl (C=O) groups excluding carboxylic acids is 1. The summed E-state index contributed by atoms with van der Waals surface area (Å²) in [4.78, 5) is 25.8. The molecule has 14 heteroatoms. The van der Waals surface area contributed by atoms with Crippen molar-refractivity contribution in [3.8, 4) is 17.2 Å². The van der Waals surface area contributed by atoms with E-state index in [1.54, 1.807) is 0 Å². The Balaban J connectivity index is 1.31. The number of amides is 1. The van der Waals surface area contributed by atoms with Crippen LogP contribution in [0.3, 0.4) is 0 Å². The van der Waals surface area contributed by atoms with E-state index in [9.17, 15) is 36.6 Å². The maximum absolute atomic E-state index is 14.0. The van der Waals surface area contributed by atoms with E-state index in [1.807, 2.05) is 0 Å².